The molecule has 1 aromatic carbocycles. The first-order chi connectivity index (χ1) is 9.49. The number of nitrogens with zero attached hydrogens (tertiary/aromatic N) is 2. The zero-order valence-electron chi connectivity index (χ0n) is 12.4. The summed E-state index contributed by atoms with van der Waals surface area (Å²) >= 11 is 3.44. The van der Waals surface area contributed by atoms with Crippen LogP contribution in [0.1, 0.15) is 25.8 Å². The maximum atomic E-state index is 4.34. The quantitative estimate of drug-likeness (QED) is 0.851. The normalized spacial score (nSPS) is 11.8. The van der Waals surface area contributed by atoms with Crippen LogP contribution in [-0.2, 0) is 6.42 Å². The highest BCUT2D eigenvalue weighted by Gasteiger charge is 2.12. The standard InChI is InChI=1S/C15H21N3S2/c1-15(2,3)16-10-9-13-17-18-14(20-13)11-7-5-6-8-12(11)19-4/h5-8,16H,9-10H2,1-4H3. The largest absolute Gasteiger partial charge is 0.312 e. The summed E-state index contributed by atoms with van der Waals surface area (Å²) in [5.74, 6) is 0. The highest BCUT2D eigenvalue weighted by atomic mass is 32.2. The summed E-state index contributed by atoms with van der Waals surface area (Å²) in [4.78, 5) is 1.25. The van der Waals surface area contributed by atoms with Crippen molar-refractivity contribution in [2.75, 3.05) is 12.8 Å². The second kappa shape index (κ2) is 6.70. The van der Waals surface area contributed by atoms with Crippen LogP contribution in [0.2, 0.25) is 0 Å². The van der Waals surface area contributed by atoms with Gasteiger partial charge in [0.15, 0.2) is 0 Å². The second-order valence-corrected chi connectivity index (χ2v) is 7.54. The fraction of sp³-hybridized carbons (Fsp3) is 0.467. The zero-order chi connectivity index (χ0) is 14.6. The maximum absolute atomic E-state index is 4.34. The van der Waals surface area contributed by atoms with Gasteiger partial charge in [0.25, 0.3) is 0 Å². The van der Waals surface area contributed by atoms with Gasteiger partial charge < -0.3 is 5.32 Å². The number of rotatable bonds is 5. The van der Waals surface area contributed by atoms with Crippen LogP contribution < -0.4 is 5.32 Å². The van der Waals surface area contributed by atoms with Crippen LogP contribution in [0.15, 0.2) is 29.2 Å². The average molecular weight is 307 g/mol. The minimum Gasteiger partial charge on any atom is -0.312 e. The van der Waals surface area contributed by atoms with Gasteiger partial charge in [-0.1, -0.05) is 29.5 Å². The molecule has 108 valence electrons. The molecule has 2 rings (SSSR count). The molecule has 0 bridgehead atoms. The molecule has 5 heteroatoms. The van der Waals surface area contributed by atoms with Crippen molar-refractivity contribution < 1.29 is 0 Å². The molecule has 0 aliphatic carbocycles. The molecule has 0 spiro atoms. The Morgan fingerprint density at radius 3 is 2.65 bits per heavy atom. The second-order valence-electron chi connectivity index (χ2n) is 5.63. The SMILES string of the molecule is CSc1ccccc1-c1nnc(CCNC(C)(C)C)s1. The molecule has 3 nitrogen and oxygen atoms in total. The molecular formula is C15H21N3S2. The molecule has 0 atom stereocenters. The molecule has 0 saturated heterocycles. The van der Waals surface area contributed by atoms with Crippen LogP contribution in [0.25, 0.3) is 10.6 Å². The first kappa shape index (κ1) is 15.5. The first-order valence-electron chi connectivity index (χ1n) is 6.70. The highest BCUT2D eigenvalue weighted by molar-refractivity contribution is 7.98. The van der Waals surface area contributed by atoms with Gasteiger partial charge in [-0.15, -0.1) is 22.0 Å². The highest BCUT2D eigenvalue weighted by Crippen LogP contribution is 2.31. The van der Waals surface area contributed by atoms with Crippen molar-refractivity contribution >= 4 is 23.1 Å². The van der Waals surface area contributed by atoms with Gasteiger partial charge in [-0.3, -0.25) is 0 Å². The molecular weight excluding hydrogens is 286 g/mol. The Bertz CT molecular complexity index is 558. The minimum absolute atomic E-state index is 0.152. The Morgan fingerprint density at radius 2 is 1.95 bits per heavy atom. The van der Waals surface area contributed by atoms with Crippen molar-refractivity contribution in [2.45, 2.75) is 37.6 Å². The lowest BCUT2D eigenvalue weighted by Gasteiger charge is -2.19. The third-order valence-electron chi connectivity index (χ3n) is 2.80. The minimum atomic E-state index is 0.152. The molecule has 0 saturated carbocycles. The number of nitrogens with one attached hydrogen (secondary N) is 1. The zero-order valence-corrected chi connectivity index (χ0v) is 14.1. The van der Waals surface area contributed by atoms with Crippen molar-refractivity contribution in [1.82, 2.24) is 15.5 Å². The van der Waals surface area contributed by atoms with Gasteiger partial charge in [-0.2, -0.15) is 0 Å². The average Bonchev–Trinajstić information content (AvgIpc) is 2.86. The van der Waals surface area contributed by atoms with E-state index in [0.29, 0.717) is 0 Å². The number of thioether (sulfide) groups is 1. The van der Waals surface area contributed by atoms with Crippen molar-refractivity contribution in [3.05, 3.63) is 29.3 Å². The van der Waals surface area contributed by atoms with E-state index in [1.165, 1.54) is 10.5 Å². The van der Waals surface area contributed by atoms with E-state index in [-0.39, 0.29) is 5.54 Å². The summed E-state index contributed by atoms with van der Waals surface area (Å²) in [6, 6.07) is 8.35. The molecule has 1 N–H and O–H groups in total. The molecule has 1 aromatic heterocycles. The van der Waals surface area contributed by atoms with Crippen molar-refractivity contribution in [1.29, 1.82) is 0 Å². The van der Waals surface area contributed by atoms with Crippen molar-refractivity contribution in [3.63, 3.8) is 0 Å². The molecule has 0 aliphatic rings. The predicted molar refractivity (Wildman–Crippen MR) is 88.6 cm³/mol. The number of hydrogen-bond acceptors (Lipinski definition) is 5. The Labute approximate surface area is 129 Å². The lowest BCUT2D eigenvalue weighted by Crippen LogP contribution is -2.37. The van der Waals surface area contributed by atoms with E-state index in [1.807, 2.05) is 0 Å². The van der Waals surface area contributed by atoms with Crippen molar-refractivity contribution in [2.24, 2.45) is 0 Å². The summed E-state index contributed by atoms with van der Waals surface area (Å²) in [6.07, 6.45) is 3.02. The molecule has 0 fully saturated rings. The van der Waals surface area contributed by atoms with E-state index in [0.717, 1.165) is 23.0 Å². The van der Waals surface area contributed by atoms with Crippen LogP contribution in [-0.4, -0.2) is 28.5 Å². The van der Waals surface area contributed by atoms with Gasteiger partial charge in [0.05, 0.1) is 0 Å². The van der Waals surface area contributed by atoms with Gasteiger partial charge >= 0.3 is 0 Å². The smallest absolute Gasteiger partial charge is 0.148 e. The van der Waals surface area contributed by atoms with Crippen LogP contribution in [0, 0.1) is 0 Å². The third kappa shape index (κ3) is 4.30. The monoisotopic (exact) mass is 307 g/mol. The van der Waals surface area contributed by atoms with Crippen LogP contribution >= 0.6 is 23.1 Å². The van der Waals surface area contributed by atoms with Gasteiger partial charge in [-0.25, -0.2) is 0 Å². The Hall–Kier alpha value is -0.910. The van der Waals surface area contributed by atoms with Crippen LogP contribution in [0.5, 0.6) is 0 Å². The molecule has 20 heavy (non-hydrogen) atoms. The number of aromatic nitrogens is 2. The van der Waals surface area contributed by atoms with E-state index in [1.54, 1.807) is 23.1 Å². The summed E-state index contributed by atoms with van der Waals surface area (Å²) in [7, 11) is 0. The van der Waals surface area contributed by atoms with E-state index in [2.05, 4.69) is 66.8 Å². The topological polar surface area (TPSA) is 37.8 Å². The summed E-state index contributed by atoms with van der Waals surface area (Å²) in [5, 5.41) is 14.2. The van der Waals surface area contributed by atoms with E-state index in [9.17, 15) is 0 Å². The molecule has 0 aliphatic heterocycles. The van der Waals surface area contributed by atoms with Crippen LogP contribution in [0.4, 0.5) is 0 Å². The van der Waals surface area contributed by atoms with Gasteiger partial charge in [0, 0.05) is 29.0 Å². The Kier molecular flexibility index (Phi) is 5.18. The Morgan fingerprint density at radius 1 is 1.20 bits per heavy atom. The summed E-state index contributed by atoms with van der Waals surface area (Å²) in [5.41, 5.74) is 1.34. The predicted octanol–water partition coefficient (Wildman–Crippen LogP) is 3.86. The van der Waals surface area contributed by atoms with E-state index >= 15 is 0 Å². The molecule has 0 radical (unpaired) electrons. The lowest BCUT2D eigenvalue weighted by atomic mass is 10.1. The molecule has 0 amide bonds. The van der Waals surface area contributed by atoms with Gasteiger partial charge in [0.2, 0.25) is 0 Å². The van der Waals surface area contributed by atoms with Gasteiger partial charge in [-0.05, 0) is 33.1 Å². The Balaban J connectivity index is 2.05. The molecule has 2 aromatic rings. The van der Waals surface area contributed by atoms with E-state index in [4.69, 9.17) is 0 Å². The van der Waals surface area contributed by atoms with Gasteiger partial charge in [0.1, 0.15) is 10.0 Å². The lowest BCUT2D eigenvalue weighted by molar-refractivity contribution is 0.429. The number of benzene rings is 1. The van der Waals surface area contributed by atoms with Crippen LogP contribution in [0.3, 0.4) is 0 Å². The maximum Gasteiger partial charge on any atom is 0.148 e. The fourth-order valence-electron chi connectivity index (χ4n) is 1.83. The third-order valence-corrected chi connectivity index (χ3v) is 4.61. The summed E-state index contributed by atoms with van der Waals surface area (Å²) < 4.78 is 0. The fourth-order valence-corrected chi connectivity index (χ4v) is 3.37. The molecule has 0 unspecified atom stereocenters. The van der Waals surface area contributed by atoms with Crippen molar-refractivity contribution in [3.8, 4) is 10.6 Å². The van der Waals surface area contributed by atoms with E-state index < -0.39 is 0 Å². The number of hydrogen-bond donors (Lipinski definition) is 1. The first-order valence-corrected chi connectivity index (χ1v) is 8.74. The summed E-state index contributed by atoms with van der Waals surface area (Å²) in [6.45, 7) is 7.45. The molecule has 1 heterocycles.